The zero-order valence-corrected chi connectivity index (χ0v) is 15.4. The van der Waals surface area contributed by atoms with Crippen molar-refractivity contribution in [2.45, 2.75) is 6.18 Å². The van der Waals surface area contributed by atoms with Crippen LogP contribution >= 0.6 is 0 Å². The molecule has 8 nitrogen and oxygen atoms in total. The number of pyridine rings is 3. The van der Waals surface area contributed by atoms with Crippen molar-refractivity contribution in [1.29, 1.82) is 0 Å². The van der Waals surface area contributed by atoms with Gasteiger partial charge in [-0.25, -0.2) is 15.0 Å². The zero-order chi connectivity index (χ0) is 21.3. The number of alkyl halides is 3. The third kappa shape index (κ3) is 3.90. The van der Waals surface area contributed by atoms with Crippen LogP contribution in [0.5, 0.6) is 0 Å². The van der Waals surface area contributed by atoms with Gasteiger partial charge < -0.3 is 15.6 Å². The van der Waals surface area contributed by atoms with Gasteiger partial charge in [0, 0.05) is 31.1 Å². The lowest BCUT2D eigenvalue weighted by atomic mass is 10.2. The molecule has 3 N–H and O–H groups in total. The number of imidazole rings is 1. The van der Waals surface area contributed by atoms with Gasteiger partial charge in [0.25, 0.3) is 5.91 Å². The molecule has 0 saturated carbocycles. The Kier molecular flexibility index (Phi) is 4.78. The topological polar surface area (TPSA) is 108 Å². The number of aromatic amines is 1. The number of H-pyrrole nitrogens is 1. The Balaban J connectivity index is 1.56. The Bertz CT molecular complexity index is 1200. The molecule has 0 unspecified atom stereocenters. The molecule has 11 heteroatoms. The number of rotatable bonds is 4. The van der Waals surface area contributed by atoms with Crippen LogP contribution < -0.4 is 10.6 Å². The van der Waals surface area contributed by atoms with E-state index in [9.17, 15) is 18.0 Å². The van der Waals surface area contributed by atoms with E-state index in [-0.39, 0.29) is 5.91 Å². The number of carbonyl (C=O) groups is 1. The van der Waals surface area contributed by atoms with Crippen molar-refractivity contribution in [1.82, 2.24) is 30.2 Å². The lowest BCUT2D eigenvalue weighted by Gasteiger charge is -2.05. The van der Waals surface area contributed by atoms with Crippen molar-refractivity contribution in [2.75, 3.05) is 12.4 Å². The number of amides is 1. The molecule has 0 aliphatic carbocycles. The Morgan fingerprint density at radius 2 is 1.80 bits per heavy atom. The van der Waals surface area contributed by atoms with E-state index < -0.39 is 11.9 Å². The molecule has 4 rings (SSSR count). The van der Waals surface area contributed by atoms with Crippen LogP contribution in [0.25, 0.3) is 22.4 Å². The maximum absolute atomic E-state index is 12.7. The number of aromatic nitrogens is 5. The number of hydrogen-bond acceptors (Lipinski definition) is 6. The van der Waals surface area contributed by atoms with E-state index in [0.717, 1.165) is 12.3 Å². The van der Waals surface area contributed by atoms with Crippen LogP contribution in [-0.2, 0) is 6.18 Å². The highest BCUT2D eigenvalue weighted by Gasteiger charge is 2.32. The first-order valence-corrected chi connectivity index (χ1v) is 8.68. The van der Waals surface area contributed by atoms with Gasteiger partial charge in [-0.3, -0.25) is 9.78 Å². The minimum atomic E-state index is -4.50. The SMILES string of the molecule is CNC(=O)c1ccc(Nc2cc3nc(-c4ccc(C(F)(F)F)nc4)[nH]c3cn2)nc1. The maximum Gasteiger partial charge on any atom is 0.433 e. The fourth-order valence-corrected chi connectivity index (χ4v) is 2.69. The predicted molar refractivity (Wildman–Crippen MR) is 103 cm³/mol. The van der Waals surface area contributed by atoms with Crippen molar-refractivity contribution in [2.24, 2.45) is 0 Å². The normalized spacial score (nSPS) is 11.5. The summed E-state index contributed by atoms with van der Waals surface area (Å²) in [6.07, 6.45) is -0.400. The zero-order valence-electron chi connectivity index (χ0n) is 15.4. The standard InChI is InChI=1S/C19H14F3N7O/c1-23-18(30)11-3-5-15(25-8-11)29-16-6-12-13(9-26-16)28-17(27-12)10-2-4-14(24-7-10)19(20,21)22/h2-9H,1H3,(H,23,30)(H,27,28)(H,25,26,29). The minimum absolute atomic E-state index is 0.240. The van der Waals surface area contributed by atoms with Gasteiger partial charge in [-0.2, -0.15) is 13.2 Å². The quantitative estimate of drug-likeness (QED) is 0.472. The Labute approximate surface area is 167 Å². The average molecular weight is 413 g/mol. The minimum Gasteiger partial charge on any atom is -0.355 e. The molecule has 152 valence electrons. The Morgan fingerprint density at radius 3 is 2.43 bits per heavy atom. The fraction of sp³-hybridized carbons (Fsp3) is 0.105. The molecule has 0 fully saturated rings. The second kappa shape index (κ2) is 7.43. The number of anilines is 2. The van der Waals surface area contributed by atoms with E-state index in [1.807, 2.05) is 0 Å². The molecule has 0 radical (unpaired) electrons. The van der Waals surface area contributed by atoms with Crippen molar-refractivity contribution in [3.63, 3.8) is 0 Å². The van der Waals surface area contributed by atoms with Gasteiger partial charge in [0.15, 0.2) is 0 Å². The van der Waals surface area contributed by atoms with Crippen molar-refractivity contribution >= 4 is 28.6 Å². The number of carbonyl (C=O) groups excluding carboxylic acids is 1. The number of halogens is 3. The third-order valence-corrected chi connectivity index (χ3v) is 4.20. The molecular formula is C19H14F3N7O. The van der Waals surface area contributed by atoms with E-state index >= 15 is 0 Å². The van der Waals surface area contributed by atoms with Crippen molar-refractivity contribution in [3.05, 3.63) is 60.2 Å². The molecule has 4 heterocycles. The van der Waals surface area contributed by atoms with E-state index in [4.69, 9.17) is 0 Å². The summed E-state index contributed by atoms with van der Waals surface area (Å²) in [5.41, 5.74) is 1.04. The lowest BCUT2D eigenvalue weighted by molar-refractivity contribution is -0.141. The van der Waals surface area contributed by atoms with Gasteiger partial charge in [-0.1, -0.05) is 0 Å². The van der Waals surface area contributed by atoms with Crippen molar-refractivity contribution < 1.29 is 18.0 Å². The van der Waals surface area contributed by atoms with Gasteiger partial charge >= 0.3 is 6.18 Å². The van der Waals surface area contributed by atoms with Crippen LogP contribution in [-0.4, -0.2) is 37.9 Å². The summed E-state index contributed by atoms with van der Waals surface area (Å²) >= 11 is 0. The number of nitrogens with one attached hydrogen (secondary N) is 3. The van der Waals surface area contributed by atoms with Crippen molar-refractivity contribution in [3.8, 4) is 11.4 Å². The second-order valence-electron chi connectivity index (χ2n) is 6.24. The monoisotopic (exact) mass is 413 g/mol. The summed E-state index contributed by atoms with van der Waals surface area (Å²) in [5, 5.41) is 5.52. The first-order valence-electron chi connectivity index (χ1n) is 8.68. The summed E-state index contributed by atoms with van der Waals surface area (Å²) in [7, 11) is 1.53. The summed E-state index contributed by atoms with van der Waals surface area (Å²) in [4.78, 5) is 30.8. The Morgan fingerprint density at radius 1 is 1.00 bits per heavy atom. The first-order chi connectivity index (χ1) is 14.3. The lowest BCUT2D eigenvalue weighted by Crippen LogP contribution is -2.17. The van der Waals surface area contributed by atoms with Gasteiger partial charge in [0.05, 0.1) is 22.8 Å². The van der Waals surface area contributed by atoms with Gasteiger partial charge in [-0.15, -0.1) is 0 Å². The fourth-order valence-electron chi connectivity index (χ4n) is 2.69. The molecule has 0 aliphatic heterocycles. The molecule has 30 heavy (non-hydrogen) atoms. The van der Waals surface area contributed by atoms with Crippen LogP contribution in [0.4, 0.5) is 24.8 Å². The molecule has 1 amide bonds. The molecule has 0 spiro atoms. The van der Waals surface area contributed by atoms with Crippen LogP contribution in [0.2, 0.25) is 0 Å². The van der Waals surface area contributed by atoms with Crippen LogP contribution in [0.3, 0.4) is 0 Å². The largest absolute Gasteiger partial charge is 0.433 e. The van der Waals surface area contributed by atoms with Gasteiger partial charge in [0.2, 0.25) is 0 Å². The molecule has 0 aromatic carbocycles. The molecule has 4 aromatic rings. The average Bonchev–Trinajstić information content (AvgIpc) is 3.16. The highest BCUT2D eigenvalue weighted by Crippen LogP contribution is 2.29. The van der Waals surface area contributed by atoms with Crippen LogP contribution in [0.1, 0.15) is 16.1 Å². The van der Waals surface area contributed by atoms with E-state index in [1.54, 1.807) is 24.4 Å². The Hall–Kier alpha value is -4.02. The first kappa shape index (κ1) is 19.3. The van der Waals surface area contributed by atoms with E-state index in [1.165, 1.54) is 19.3 Å². The summed E-state index contributed by atoms with van der Waals surface area (Å²) in [6.45, 7) is 0. The summed E-state index contributed by atoms with van der Waals surface area (Å²) in [5.74, 6) is 1.08. The smallest absolute Gasteiger partial charge is 0.355 e. The molecule has 0 aliphatic rings. The molecule has 4 aromatic heterocycles. The van der Waals surface area contributed by atoms with Crippen LogP contribution in [0.15, 0.2) is 48.9 Å². The predicted octanol–water partition coefficient (Wildman–Crippen LogP) is 3.54. The maximum atomic E-state index is 12.7. The third-order valence-electron chi connectivity index (χ3n) is 4.20. The summed E-state index contributed by atoms with van der Waals surface area (Å²) in [6, 6.07) is 7.14. The highest BCUT2D eigenvalue weighted by atomic mass is 19.4. The highest BCUT2D eigenvalue weighted by molar-refractivity contribution is 5.93. The molecule has 0 saturated heterocycles. The second-order valence-corrected chi connectivity index (χ2v) is 6.24. The molecule has 0 atom stereocenters. The van der Waals surface area contributed by atoms with Gasteiger partial charge in [-0.05, 0) is 24.3 Å². The van der Waals surface area contributed by atoms with E-state index in [0.29, 0.717) is 39.6 Å². The molecular weight excluding hydrogens is 399 g/mol. The number of fused-ring (bicyclic) bond motifs is 1. The van der Waals surface area contributed by atoms with Crippen LogP contribution in [0, 0.1) is 0 Å². The molecule has 0 bridgehead atoms. The number of hydrogen-bond donors (Lipinski definition) is 3. The summed E-state index contributed by atoms with van der Waals surface area (Å²) < 4.78 is 38.0. The number of nitrogens with zero attached hydrogens (tertiary/aromatic N) is 4. The van der Waals surface area contributed by atoms with Gasteiger partial charge in [0.1, 0.15) is 23.2 Å². The van der Waals surface area contributed by atoms with E-state index in [2.05, 4.69) is 35.6 Å².